The van der Waals surface area contributed by atoms with Gasteiger partial charge >= 0.3 is 0 Å². The number of nitrogens with one attached hydrogen (secondary N) is 2. The highest BCUT2D eigenvalue weighted by Gasteiger charge is 2.08. The summed E-state index contributed by atoms with van der Waals surface area (Å²) in [6, 6.07) is 7.89. The molecule has 0 atom stereocenters. The quantitative estimate of drug-likeness (QED) is 0.759. The van der Waals surface area contributed by atoms with E-state index in [2.05, 4.69) is 22.2 Å². The minimum atomic E-state index is 0.551. The maximum Gasteiger partial charge on any atom is 0.152 e. The lowest BCUT2D eigenvalue weighted by Crippen LogP contribution is -2.01. The van der Waals surface area contributed by atoms with Crippen LogP contribution in [-0.2, 0) is 13.0 Å². The molecule has 0 radical (unpaired) electrons. The molecule has 0 fully saturated rings. The third-order valence-corrected chi connectivity index (χ3v) is 3.47. The van der Waals surface area contributed by atoms with Crippen molar-refractivity contribution in [3.63, 3.8) is 0 Å². The fourth-order valence-electron chi connectivity index (χ4n) is 2.07. The van der Waals surface area contributed by atoms with Crippen molar-refractivity contribution in [2.24, 2.45) is 0 Å². The zero-order chi connectivity index (χ0) is 15.1. The number of ether oxygens (including phenoxy) is 1. The Morgan fingerprint density at radius 3 is 2.95 bits per heavy atom. The molecule has 1 heterocycles. The lowest BCUT2D eigenvalue weighted by atomic mass is 10.2. The van der Waals surface area contributed by atoms with Gasteiger partial charge in [0, 0.05) is 18.2 Å². The molecule has 0 saturated carbocycles. The van der Waals surface area contributed by atoms with Crippen LogP contribution in [0.2, 0.25) is 5.15 Å². The molecule has 1 aromatic heterocycles. The summed E-state index contributed by atoms with van der Waals surface area (Å²) in [6.45, 7) is 5.42. The second-order valence-corrected chi connectivity index (χ2v) is 5.23. The number of aryl methyl sites for hydroxylation is 1. The second kappa shape index (κ2) is 7.93. The molecule has 0 unspecified atom stereocenters. The van der Waals surface area contributed by atoms with Crippen LogP contribution >= 0.6 is 11.6 Å². The number of H-pyrrole nitrogens is 1. The SMILES string of the molecule is CCCCc1nc(Cl)c(CNc2cccc(OCC)c2)[nH]1. The van der Waals surface area contributed by atoms with E-state index < -0.39 is 0 Å². The molecule has 2 aromatic rings. The first-order valence-corrected chi connectivity index (χ1v) is 7.80. The summed E-state index contributed by atoms with van der Waals surface area (Å²) in [5.41, 5.74) is 1.92. The van der Waals surface area contributed by atoms with Gasteiger partial charge in [-0.2, -0.15) is 0 Å². The van der Waals surface area contributed by atoms with Crippen molar-refractivity contribution in [3.05, 3.63) is 40.9 Å². The molecule has 0 saturated heterocycles. The van der Waals surface area contributed by atoms with Crippen LogP contribution in [0.3, 0.4) is 0 Å². The Bertz CT molecular complexity index is 568. The van der Waals surface area contributed by atoms with Gasteiger partial charge in [-0.1, -0.05) is 31.0 Å². The summed E-state index contributed by atoms with van der Waals surface area (Å²) >= 11 is 6.16. The van der Waals surface area contributed by atoms with E-state index in [9.17, 15) is 0 Å². The van der Waals surface area contributed by atoms with Gasteiger partial charge in [0.25, 0.3) is 0 Å². The molecule has 0 spiro atoms. The number of hydrogen-bond donors (Lipinski definition) is 2. The molecule has 21 heavy (non-hydrogen) atoms. The number of imidazole rings is 1. The number of unbranched alkanes of at least 4 members (excludes halogenated alkanes) is 1. The van der Waals surface area contributed by atoms with Crippen LogP contribution in [-0.4, -0.2) is 16.6 Å². The van der Waals surface area contributed by atoms with Gasteiger partial charge in [0.1, 0.15) is 11.6 Å². The third kappa shape index (κ3) is 4.67. The average Bonchev–Trinajstić information content (AvgIpc) is 2.84. The summed E-state index contributed by atoms with van der Waals surface area (Å²) in [5.74, 6) is 1.82. The predicted molar refractivity (Wildman–Crippen MR) is 87.1 cm³/mol. The van der Waals surface area contributed by atoms with Crippen LogP contribution in [0.15, 0.2) is 24.3 Å². The Labute approximate surface area is 130 Å². The maximum atomic E-state index is 6.16. The Morgan fingerprint density at radius 1 is 1.33 bits per heavy atom. The molecule has 4 nitrogen and oxygen atoms in total. The van der Waals surface area contributed by atoms with E-state index in [0.717, 1.165) is 42.2 Å². The van der Waals surface area contributed by atoms with Crippen molar-refractivity contribution in [3.8, 4) is 5.75 Å². The highest BCUT2D eigenvalue weighted by atomic mass is 35.5. The molecular weight excluding hydrogens is 286 g/mol. The fourth-order valence-corrected chi connectivity index (χ4v) is 2.29. The average molecular weight is 308 g/mol. The van der Waals surface area contributed by atoms with E-state index in [4.69, 9.17) is 16.3 Å². The van der Waals surface area contributed by atoms with Gasteiger partial charge in [0.2, 0.25) is 0 Å². The smallest absolute Gasteiger partial charge is 0.152 e. The van der Waals surface area contributed by atoms with Crippen LogP contribution < -0.4 is 10.1 Å². The van der Waals surface area contributed by atoms with Crippen LogP contribution in [0.4, 0.5) is 5.69 Å². The number of nitrogens with zero attached hydrogens (tertiary/aromatic N) is 1. The minimum absolute atomic E-state index is 0.551. The van der Waals surface area contributed by atoms with Crippen molar-refractivity contribution in [1.82, 2.24) is 9.97 Å². The van der Waals surface area contributed by atoms with E-state index in [-0.39, 0.29) is 0 Å². The molecule has 2 rings (SSSR count). The fraction of sp³-hybridized carbons (Fsp3) is 0.438. The molecule has 0 amide bonds. The van der Waals surface area contributed by atoms with Gasteiger partial charge in [-0.3, -0.25) is 0 Å². The van der Waals surface area contributed by atoms with E-state index in [1.165, 1.54) is 0 Å². The van der Waals surface area contributed by atoms with Gasteiger partial charge in [-0.05, 0) is 25.5 Å². The molecule has 0 aliphatic heterocycles. The Morgan fingerprint density at radius 2 is 2.19 bits per heavy atom. The first-order valence-electron chi connectivity index (χ1n) is 7.43. The Kier molecular flexibility index (Phi) is 5.93. The Balaban J connectivity index is 1.96. The zero-order valence-corrected chi connectivity index (χ0v) is 13.3. The second-order valence-electron chi connectivity index (χ2n) is 4.87. The number of halogens is 1. The summed E-state index contributed by atoms with van der Waals surface area (Å²) < 4.78 is 5.48. The van der Waals surface area contributed by atoms with Crippen molar-refractivity contribution < 1.29 is 4.74 Å². The van der Waals surface area contributed by atoms with Crippen LogP contribution in [0.5, 0.6) is 5.75 Å². The minimum Gasteiger partial charge on any atom is -0.494 e. The molecule has 0 aliphatic carbocycles. The van der Waals surface area contributed by atoms with Crippen molar-refractivity contribution in [1.29, 1.82) is 0 Å². The number of anilines is 1. The van der Waals surface area contributed by atoms with Gasteiger partial charge in [-0.15, -0.1) is 0 Å². The standard InChI is InChI=1S/C16H22ClN3O/c1-3-5-9-15-19-14(16(17)20-15)11-18-12-7-6-8-13(10-12)21-4-2/h6-8,10,18H,3-5,9,11H2,1-2H3,(H,19,20). The molecule has 1 aromatic carbocycles. The van der Waals surface area contributed by atoms with E-state index in [0.29, 0.717) is 18.3 Å². The molecule has 5 heteroatoms. The third-order valence-electron chi connectivity index (χ3n) is 3.16. The first-order chi connectivity index (χ1) is 10.2. The molecule has 0 aliphatic rings. The van der Waals surface area contributed by atoms with E-state index in [1.54, 1.807) is 0 Å². The van der Waals surface area contributed by atoms with Crippen LogP contribution in [0.25, 0.3) is 0 Å². The zero-order valence-electron chi connectivity index (χ0n) is 12.6. The topological polar surface area (TPSA) is 49.9 Å². The van der Waals surface area contributed by atoms with Crippen LogP contribution in [0, 0.1) is 0 Å². The lowest BCUT2D eigenvalue weighted by molar-refractivity contribution is 0.340. The summed E-state index contributed by atoms with van der Waals surface area (Å²) in [5, 5.41) is 3.88. The molecule has 0 bridgehead atoms. The van der Waals surface area contributed by atoms with Gasteiger partial charge < -0.3 is 15.0 Å². The van der Waals surface area contributed by atoms with Gasteiger partial charge in [0.15, 0.2) is 5.15 Å². The normalized spacial score (nSPS) is 10.6. The molecule has 2 N–H and O–H groups in total. The highest BCUT2D eigenvalue weighted by Crippen LogP contribution is 2.20. The van der Waals surface area contributed by atoms with Crippen molar-refractivity contribution >= 4 is 17.3 Å². The summed E-state index contributed by atoms with van der Waals surface area (Å²) in [6.07, 6.45) is 3.21. The van der Waals surface area contributed by atoms with Crippen molar-refractivity contribution in [2.45, 2.75) is 39.7 Å². The van der Waals surface area contributed by atoms with E-state index in [1.807, 2.05) is 31.2 Å². The number of aromatic amines is 1. The number of aromatic nitrogens is 2. The number of benzene rings is 1. The van der Waals surface area contributed by atoms with Gasteiger partial charge in [0.05, 0.1) is 18.8 Å². The number of hydrogen-bond acceptors (Lipinski definition) is 3. The lowest BCUT2D eigenvalue weighted by Gasteiger charge is -2.08. The summed E-state index contributed by atoms with van der Waals surface area (Å²) in [7, 11) is 0. The summed E-state index contributed by atoms with van der Waals surface area (Å²) in [4.78, 5) is 7.64. The predicted octanol–water partition coefficient (Wildman–Crippen LogP) is 4.42. The molecule has 114 valence electrons. The number of rotatable bonds is 8. The van der Waals surface area contributed by atoms with E-state index >= 15 is 0 Å². The first kappa shape index (κ1) is 15.7. The van der Waals surface area contributed by atoms with Gasteiger partial charge in [-0.25, -0.2) is 4.98 Å². The highest BCUT2D eigenvalue weighted by molar-refractivity contribution is 6.30. The van der Waals surface area contributed by atoms with Crippen molar-refractivity contribution in [2.75, 3.05) is 11.9 Å². The maximum absolute atomic E-state index is 6.16. The van der Waals surface area contributed by atoms with Crippen LogP contribution in [0.1, 0.15) is 38.2 Å². The molecular formula is C16H22ClN3O. The largest absolute Gasteiger partial charge is 0.494 e. The monoisotopic (exact) mass is 307 g/mol. The Hall–Kier alpha value is -1.68.